The van der Waals surface area contributed by atoms with Gasteiger partial charge < -0.3 is 0 Å². The molecule has 0 fully saturated rings. The van der Waals surface area contributed by atoms with Gasteiger partial charge in [-0.2, -0.15) is 0 Å². The van der Waals surface area contributed by atoms with Crippen molar-refractivity contribution >= 4 is 23.5 Å². The van der Waals surface area contributed by atoms with Gasteiger partial charge in [-0.3, -0.25) is 0 Å². The van der Waals surface area contributed by atoms with Crippen LogP contribution >= 0.6 is 11.3 Å². The topological polar surface area (TPSA) is 0 Å². The molecule has 0 aliphatic heterocycles. The van der Waals surface area contributed by atoms with Crippen molar-refractivity contribution in [3.8, 4) is 0 Å². The van der Waals surface area contributed by atoms with E-state index in [2.05, 4.69) is 26.0 Å². The van der Waals surface area contributed by atoms with Gasteiger partial charge in [0.15, 0.2) is 0 Å². The Hall–Kier alpha value is -0.560. The maximum Gasteiger partial charge on any atom is 0.0305 e. The van der Waals surface area contributed by atoms with Gasteiger partial charge in [0.05, 0.1) is 0 Å². The maximum atomic E-state index is 2.37. The summed E-state index contributed by atoms with van der Waals surface area (Å²) in [5.41, 5.74) is 1.49. The molecule has 1 aromatic rings. The minimum atomic E-state index is 1.23. The molecule has 0 nitrogen and oxygen atoms in total. The summed E-state index contributed by atoms with van der Waals surface area (Å²) in [6.45, 7) is 4.43. The van der Waals surface area contributed by atoms with Crippen molar-refractivity contribution < 1.29 is 0 Å². The summed E-state index contributed by atoms with van der Waals surface area (Å²) in [7, 11) is 0. The normalized spacial score (nSPS) is 15.1. The van der Waals surface area contributed by atoms with Gasteiger partial charge in [-0.1, -0.05) is 12.2 Å². The average Bonchev–Trinajstić information content (AvgIpc) is 2.30. The van der Waals surface area contributed by atoms with Crippen LogP contribution in [-0.2, 0) is 0 Å². The van der Waals surface area contributed by atoms with Crippen molar-refractivity contribution in [2.24, 2.45) is 0 Å². The summed E-state index contributed by atoms with van der Waals surface area (Å²) in [6, 6.07) is 0. The van der Waals surface area contributed by atoms with E-state index >= 15 is 0 Å². The number of hydrogen-bond acceptors (Lipinski definition) is 1. The second kappa shape index (κ2) is 2.49. The lowest BCUT2D eigenvalue weighted by Gasteiger charge is -1.93. The van der Waals surface area contributed by atoms with Crippen molar-refractivity contribution in [3.05, 3.63) is 20.2 Å². The number of fused-ring (bicyclic) bond motifs is 1. The fourth-order valence-electron chi connectivity index (χ4n) is 1.52. The summed E-state index contributed by atoms with van der Waals surface area (Å²) < 4.78 is 1.49. The molecular formula is C10H12S. The van der Waals surface area contributed by atoms with Gasteiger partial charge in [-0.15, -0.1) is 11.3 Å². The van der Waals surface area contributed by atoms with Gasteiger partial charge in [-0.25, -0.2) is 0 Å². The van der Waals surface area contributed by atoms with Gasteiger partial charge in [0.25, 0.3) is 0 Å². The Kier molecular flexibility index (Phi) is 1.61. The molecule has 0 amide bonds. The summed E-state index contributed by atoms with van der Waals surface area (Å²) in [5, 5.41) is 1.50. The molecule has 1 aromatic heterocycles. The minimum Gasteiger partial charge on any atom is -0.141 e. The fraction of sp³-hybridized carbons (Fsp3) is 0.400. The standard InChI is InChI=1S/C10H12S/c1-7-8(2)11-10-6-4-3-5-9(7)10/h5-6H,3-4H2,1-2H3. The van der Waals surface area contributed by atoms with Crippen molar-refractivity contribution in [2.45, 2.75) is 26.7 Å². The van der Waals surface area contributed by atoms with Gasteiger partial charge in [-0.05, 0) is 37.5 Å². The highest BCUT2D eigenvalue weighted by Gasteiger charge is 2.01. The molecule has 0 saturated heterocycles. The predicted octanol–water partition coefficient (Wildman–Crippen LogP) is 1.72. The van der Waals surface area contributed by atoms with Crippen LogP contribution < -0.4 is 9.75 Å². The third-order valence-corrected chi connectivity index (χ3v) is 3.52. The van der Waals surface area contributed by atoms with Crippen LogP contribution in [0.3, 0.4) is 0 Å². The lowest BCUT2D eigenvalue weighted by atomic mass is 10.1. The molecule has 0 N–H and O–H groups in total. The maximum absolute atomic E-state index is 2.37. The van der Waals surface area contributed by atoms with Gasteiger partial charge in [0.1, 0.15) is 0 Å². The molecule has 0 unspecified atom stereocenters. The van der Waals surface area contributed by atoms with Crippen molar-refractivity contribution in [1.29, 1.82) is 0 Å². The first-order chi connectivity index (χ1) is 5.29. The van der Waals surface area contributed by atoms with Crippen LogP contribution in [0.5, 0.6) is 0 Å². The van der Waals surface area contributed by atoms with E-state index < -0.39 is 0 Å². The van der Waals surface area contributed by atoms with Crippen LogP contribution in [0, 0.1) is 13.8 Å². The Labute approximate surface area is 70.9 Å². The molecule has 1 heteroatoms. The fourth-order valence-corrected chi connectivity index (χ4v) is 2.66. The third kappa shape index (κ3) is 1.04. The molecule has 0 saturated carbocycles. The second-order valence-electron chi connectivity index (χ2n) is 3.05. The third-order valence-electron chi connectivity index (χ3n) is 2.31. The highest BCUT2D eigenvalue weighted by Crippen LogP contribution is 2.07. The van der Waals surface area contributed by atoms with Gasteiger partial charge in [0, 0.05) is 9.41 Å². The molecule has 1 aliphatic rings. The van der Waals surface area contributed by atoms with E-state index in [1.807, 2.05) is 11.3 Å². The number of aryl methyl sites for hydroxylation is 1. The van der Waals surface area contributed by atoms with E-state index in [1.54, 1.807) is 0 Å². The molecule has 2 rings (SSSR count). The molecule has 0 bridgehead atoms. The molecule has 0 radical (unpaired) electrons. The Morgan fingerprint density at radius 1 is 1.18 bits per heavy atom. The van der Waals surface area contributed by atoms with Crippen LogP contribution in [-0.4, -0.2) is 0 Å². The van der Waals surface area contributed by atoms with Crippen molar-refractivity contribution in [2.75, 3.05) is 0 Å². The zero-order valence-electron chi connectivity index (χ0n) is 6.98. The second-order valence-corrected chi connectivity index (χ2v) is 4.30. The molecule has 0 spiro atoms. The summed E-state index contributed by atoms with van der Waals surface area (Å²) >= 11 is 1.93. The highest BCUT2D eigenvalue weighted by atomic mass is 32.1. The zero-order chi connectivity index (χ0) is 7.84. The number of thiophene rings is 1. The monoisotopic (exact) mass is 164 g/mol. The van der Waals surface area contributed by atoms with Crippen molar-refractivity contribution in [1.82, 2.24) is 0 Å². The average molecular weight is 164 g/mol. The molecular weight excluding hydrogens is 152 g/mol. The Morgan fingerprint density at radius 3 is 2.64 bits per heavy atom. The van der Waals surface area contributed by atoms with E-state index in [0.29, 0.717) is 0 Å². The first kappa shape index (κ1) is 7.11. The summed E-state index contributed by atoms with van der Waals surface area (Å²) in [4.78, 5) is 1.48. The predicted molar refractivity (Wildman–Crippen MR) is 51.2 cm³/mol. The summed E-state index contributed by atoms with van der Waals surface area (Å²) in [6.07, 6.45) is 7.19. The zero-order valence-corrected chi connectivity index (χ0v) is 7.79. The van der Waals surface area contributed by atoms with E-state index in [-0.39, 0.29) is 0 Å². The SMILES string of the molecule is Cc1sc2c(c1C)=CCCC=2. The van der Waals surface area contributed by atoms with Crippen LogP contribution in [0.15, 0.2) is 0 Å². The molecule has 11 heavy (non-hydrogen) atoms. The van der Waals surface area contributed by atoms with E-state index in [1.165, 1.54) is 33.0 Å². The molecule has 0 atom stereocenters. The van der Waals surface area contributed by atoms with Crippen LogP contribution in [0.1, 0.15) is 23.3 Å². The van der Waals surface area contributed by atoms with Gasteiger partial charge in [0.2, 0.25) is 0 Å². The van der Waals surface area contributed by atoms with E-state index in [0.717, 1.165) is 0 Å². The molecule has 1 heterocycles. The first-order valence-corrected chi connectivity index (χ1v) is 4.87. The van der Waals surface area contributed by atoms with Crippen LogP contribution in [0.4, 0.5) is 0 Å². The Bertz CT molecular complexity index is 382. The lowest BCUT2D eigenvalue weighted by molar-refractivity contribution is 1.12. The quantitative estimate of drug-likeness (QED) is 0.547. The number of hydrogen-bond donors (Lipinski definition) is 0. The summed E-state index contributed by atoms with van der Waals surface area (Å²) in [5.74, 6) is 0. The van der Waals surface area contributed by atoms with Crippen LogP contribution in [0.25, 0.3) is 12.2 Å². The molecule has 0 aromatic carbocycles. The smallest absolute Gasteiger partial charge is 0.0305 e. The Balaban J connectivity index is 2.89. The Morgan fingerprint density at radius 2 is 1.91 bits per heavy atom. The number of rotatable bonds is 0. The van der Waals surface area contributed by atoms with Crippen LogP contribution in [0.2, 0.25) is 0 Å². The largest absolute Gasteiger partial charge is 0.141 e. The van der Waals surface area contributed by atoms with E-state index in [9.17, 15) is 0 Å². The van der Waals surface area contributed by atoms with Crippen molar-refractivity contribution in [3.63, 3.8) is 0 Å². The first-order valence-electron chi connectivity index (χ1n) is 4.05. The lowest BCUT2D eigenvalue weighted by Crippen LogP contribution is -2.22. The van der Waals surface area contributed by atoms with Gasteiger partial charge >= 0.3 is 0 Å². The minimum absolute atomic E-state index is 1.23. The molecule has 58 valence electrons. The highest BCUT2D eigenvalue weighted by molar-refractivity contribution is 7.09. The van der Waals surface area contributed by atoms with E-state index in [4.69, 9.17) is 0 Å². The molecule has 1 aliphatic carbocycles.